The van der Waals surface area contributed by atoms with Gasteiger partial charge < -0.3 is 14.4 Å². The van der Waals surface area contributed by atoms with E-state index in [-0.39, 0.29) is 17.6 Å². The number of nitrogens with one attached hydrogen (secondary N) is 1. The van der Waals surface area contributed by atoms with Gasteiger partial charge in [-0.2, -0.15) is 0 Å². The molecule has 0 bridgehead atoms. The fraction of sp³-hybridized carbons (Fsp3) is 0.600. The van der Waals surface area contributed by atoms with Crippen LogP contribution in [0.15, 0.2) is 29.2 Å². The van der Waals surface area contributed by atoms with Gasteiger partial charge in [-0.1, -0.05) is 18.2 Å². The molecule has 1 aromatic rings. The van der Waals surface area contributed by atoms with Crippen LogP contribution in [0.2, 0.25) is 0 Å². The highest BCUT2D eigenvalue weighted by Gasteiger charge is 2.47. The summed E-state index contributed by atoms with van der Waals surface area (Å²) in [5, 5.41) is 0. The molecule has 1 aromatic carbocycles. The molecule has 21 heavy (non-hydrogen) atoms. The van der Waals surface area contributed by atoms with Gasteiger partial charge >= 0.3 is 0 Å². The van der Waals surface area contributed by atoms with Gasteiger partial charge in [0, 0.05) is 5.56 Å². The molecule has 1 atom stereocenters. The summed E-state index contributed by atoms with van der Waals surface area (Å²) in [7, 11) is -3.11. The van der Waals surface area contributed by atoms with Crippen molar-refractivity contribution < 1.29 is 22.8 Å². The summed E-state index contributed by atoms with van der Waals surface area (Å²) in [6.45, 7) is 3.15. The summed E-state index contributed by atoms with van der Waals surface area (Å²) in [6.07, 6.45) is 1.70. The third kappa shape index (κ3) is 2.21. The number of ether oxygens (including phenoxy) is 2. The molecule has 5 nitrogen and oxygen atoms in total. The quantitative estimate of drug-likeness (QED) is 0.789. The second-order valence-electron chi connectivity index (χ2n) is 6.14. The van der Waals surface area contributed by atoms with Crippen LogP contribution in [0.5, 0.6) is 0 Å². The van der Waals surface area contributed by atoms with Gasteiger partial charge in [0.05, 0.1) is 44.0 Å². The van der Waals surface area contributed by atoms with Crippen molar-refractivity contribution in [3.05, 3.63) is 29.8 Å². The average Bonchev–Trinajstić information content (AvgIpc) is 3.04. The highest BCUT2D eigenvalue weighted by molar-refractivity contribution is 7.91. The number of fused-ring (bicyclic) bond motifs is 1. The number of rotatable bonds is 1. The molecular formula is C15H20NO4S+. The SMILES string of the molecule is O=S1(=O)C[C@H]([NH+]2CCC3(CC2)OCCO3)c2ccccc21. The largest absolute Gasteiger partial charge is 0.347 e. The molecule has 3 heterocycles. The Morgan fingerprint density at radius 2 is 1.76 bits per heavy atom. The molecule has 3 aliphatic heterocycles. The van der Waals surface area contributed by atoms with Crippen molar-refractivity contribution in [3.8, 4) is 0 Å². The summed E-state index contributed by atoms with van der Waals surface area (Å²) in [6, 6.07) is 7.49. The Balaban J connectivity index is 1.56. The van der Waals surface area contributed by atoms with Gasteiger partial charge in [0.25, 0.3) is 0 Å². The van der Waals surface area contributed by atoms with E-state index in [1.807, 2.05) is 12.1 Å². The van der Waals surface area contributed by atoms with Gasteiger partial charge in [0.15, 0.2) is 15.6 Å². The average molecular weight is 310 g/mol. The Kier molecular flexibility index (Phi) is 3.11. The molecule has 0 unspecified atom stereocenters. The minimum absolute atomic E-state index is 0.0601. The molecular weight excluding hydrogens is 290 g/mol. The first kappa shape index (κ1) is 13.7. The zero-order chi connectivity index (χ0) is 14.5. The van der Waals surface area contributed by atoms with E-state index in [4.69, 9.17) is 9.47 Å². The molecule has 1 N–H and O–H groups in total. The first-order chi connectivity index (χ1) is 10.1. The van der Waals surface area contributed by atoms with Crippen molar-refractivity contribution >= 4 is 9.84 Å². The van der Waals surface area contributed by atoms with Gasteiger partial charge in [-0.3, -0.25) is 0 Å². The van der Waals surface area contributed by atoms with E-state index >= 15 is 0 Å². The van der Waals surface area contributed by atoms with E-state index in [1.54, 1.807) is 12.1 Å². The molecule has 2 saturated heterocycles. The number of piperidine rings is 1. The van der Waals surface area contributed by atoms with E-state index in [2.05, 4.69) is 0 Å². The molecule has 2 fully saturated rings. The van der Waals surface area contributed by atoms with E-state index in [1.165, 1.54) is 4.90 Å². The maximum atomic E-state index is 12.3. The minimum Gasteiger partial charge on any atom is -0.347 e. The van der Waals surface area contributed by atoms with Gasteiger partial charge in [0.1, 0.15) is 11.8 Å². The van der Waals surface area contributed by atoms with Crippen LogP contribution in [0, 0.1) is 0 Å². The fourth-order valence-electron chi connectivity index (χ4n) is 3.87. The summed E-state index contributed by atoms with van der Waals surface area (Å²) < 4.78 is 36.1. The summed E-state index contributed by atoms with van der Waals surface area (Å²) >= 11 is 0. The smallest absolute Gasteiger partial charge is 0.185 e. The third-order valence-corrected chi connectivity index (χ3v) is 6.79. The lowest BCUT2D eigenvalue weighted by atomic mass is 9.99. The Bertz CT molecular complexity index is 641. The molecule has 3 aliphatic rings. The van der Waals surface area contributed by atoms with Crippen molar-refractivity contribution in [1.82, 2.24) is 0 Å². The number of quaternary nitrogens is 1. The highest BCUT2D eigenvalue weighted by atomic mass is 32.2. The zero-order valence-corrected chi connectivity index (χ0v) is 12.7. The number of sulfone groups is 1. The van der Waals surface area contributed by atoms with Crippen LogP contribution in [0.1, 0.15) is 24.4 Å². The van der Waals surface area contributed by atoms with Gasteiger partial charge in [-0.15, -0.1) is 0 Å². The molecule has 0 amide bonds. The van der Waals surface area contributed by atoms with Crippen LogP contribution in [0.3, 0.4) is 0 Å². The summed E-state index contributed by atoms with van der Waals surface area (Å²) in [5.41, 5.74) is 0.983. The Labute approximate surface area is 124 Å². The molecule has 0 radical (unpaired) electrons. The topological polar surface area (TPSA) is 57.0 Å². The van der Waals surface area contributed by atoms with Gasteiger partial charge in [-0.05, 0) is 6.07 Å². The van der Waals surface area contributed by atoms with Crippen molar-refractivity contribution in [2.24, 2.45) is 0 Å². The maximum absolute atomic E-state index is 12.3. The van der Waals surface area contributed by atoms with Crippen molar-refractivity contribution in [2.45, 2.75) is 29.6 Å². The van der Waals surface area contributed by atoms with Gasteiger partial charge in [-0.25, -0.2) is 8.42 Å². The van der Waals surface area contributed by atoms with Crippen LogP contribution in [0.4, 0.5) is 0 Å². The lowest BCUT2D eigenvalue weighted by Gasteiger charge is -2.37. The predicted molar refractivity (Wildman–Crippen MR) is 75.8 cm³/mol. The second kappa shape index (κ2) is 4.78. The standard InChI is InChI=1S/C15H19NO4S/c17-21(18)11-13(12-3-1-2-4-14(12)21)16-7-5-15(6-8-16)19-9-10-20-15/h1-4,13H,5-11H2/p+1/t13-/m0/s1. The van der Waals surface area contributed by atoms with E-state index in [0.29, 0.717) is 18.1 Å². The Morgan fingerprint density at radius 3 is 2.48 bits per heavy atom. The second-order valence-corrected chi connectivity index (χ2v) is 8.14. The molecule has 4 rings (SSSR count). The number of hydrogen-bond donors (Lipinski definition) is 1. The third-order valence-electron chi connectivity index (χ3n) is 4.98. The fourth-order valence-corrected chi connectivity index (χ4v) is 5.76. The maximum Gasteiger partial charge on any atom is 0.185 e. The van der Waals surface area contributed by atoms with Crippen LogP contribution in [-0.4, -0.2) is 46.3 Å². The first-order valence-corrected chi connectivity index (χ1v) is 9.19. The van der Waals surface area contributed by atoms with Crippen LogP contribution in [0.25, 0.3) is 0 Å². The lowest BCUT2D eigenvalue weighted by molar-refractivity contribution is -0.936. The molecule has 0 aromatic heterocycles. The summed E-state index contributed by atoms with van der Waals surface area (Å²) in [4.78, 5) is 1.87. The molecule has 114 valence electrons. The Morgan fingerprint density at radius 1 is 1.10 bits per heavy atom. The highest BCUT2D eigenvalue weighted by Crippen LogP contribution is 2.33. The van der Waals surface area contributed by atoms with E-state index < -0.39 is 9.84 Å². The van der Waals surface area contributed by atoms with Crippen molar-refractivity contribution in [3.63, 3.8) is 0 Å². The Hall–Kier alpha value is -0.950. The van der Waals surface area contributed by atoms with Crippen LogP contribution < -0.4 is 4.90 Å². The number of benzene rings is 1. The number of likely N-dealkylation sites (tertiary alicyclic amines) is 1. The normalized spacial score (nSPS) is 30.6. The van der Waals surface area contributed by atoms with E-state index in [9.17, 15) is 8.42 Å². The number of hydrogen-bond acceptors (Lipinski definition) is 4. The molecule has 6 heteroatoms. The van der Waals surface area contributed by atoms with Crippen LogP contribution in [-0.2, 0) is 19.3 Å². The first-order valence-electron chi connectivity index (χ1n) is 7.54. The molecule has 0 saturated carbocycles. The zero-order valence-electron chi connectivity index (χ0n) is 11.9. The van der Waals surface area contributed by atoms with Crippen LogP contribution >= 0.6 is 0 Å². The summed E-state index contributed by atoms with van der Waals surface area (Å²) in [5.74, 6) is -0.156. The molecule has 0 aliphatic carbocycles. The van der Waals surface area contributed by atoms with Gasteiger partial charge in [0.2, 0.25) is 0 Å². The minimum atomic E-state index is -3.11. The predicted octanol–water partition coefficient (Wildman–Crippen LogP) is -0.0632. The van der Waals surface area contributed by atoms with Crippen molar-refractivity contribution in [2.75, 3.05) is 32.1 Å². The van der Waals surface area contributed by atoms with E-state index in [0.717, 1.165) is 31.5 Å². The molecule has 1 spiro atoms. The lowest BCUT2D eigenvalue weighted by Crippen LogP contribution is -3.14. The monoisotopic (exact) mass is 310 g/mol. The van der Waals surface area contributed by atoms with Crippen molar-refractivity contribution in [1.29, 1.82) is 0 Å².